The minimum Gasteiger partial charge on any atom is -0.458 e. The van der Waals surface area contributed by atoms with E-state index in [0.717, 1.165) is 57.8 Å². The maximum Gasteiger partial charge on any atom is 0.306 e. The summed E-state index contributed by atoms with van der Waals surface area (Å²) in [5, 5.41) is 23.6. The summed E-state index contributed by atoms with van der Waals surface area (Å²) in [6.45, 7) is 6.38. The number of carbonyl (C=O) groups is 2. The SMILES string of the molecule is CCCC/C=C\CCCCCCCC(=O)OC(/C=C/C/C=C\CCCCCCCC)CC(=O)NC(CO)C(O)CCCCCCCCCCCCCC. The van der Waals surface area contributed by atoms with Gasteiger partial charge in [0.05, 0.1) is 25.2 Å². The van der Waals surface area contributed by atoms with E-state index in [1.807, 2.05) is 12.2 Å². The molecule has 3 N–H and O–H groups in total. The molecule has 0 aromatic heterocycles. The molecule has 0 aromatic carbocycles. The van der Waals surface area contributed by atoms with E-state index in [2.05, 4.69) is 50.4 Å². The Hall–Kier alpha value is -1.92. The average Bonchev–Trinajstić information content (AvgIpc) is 3.15. The largest absolute Gasteiger partial charge is 0.458 e. The highest BCUT2D eigenvalue weighted by atomic mass is 16.5. The predicted octanol–water partition coefficient (Wildman–Crippen LogP) is 12.9. The number of unbranched alkanes of at least 4 members (excludes halogenated alkanes) is 24. The molecular formula is C47H87NO5. The van der Waals surface area contributed by atoms with Crippen LogP contribution < -0.4 is 5.32 Å². The van der Waals surface area contributed by atoms with Gasteiger partial charge in [0, 0.05) is 6.42 Å². The van der Waals surface area contributed by atoms with E-state index in [0.29, 0.717) is 12.8 Å². The highest BCUT2D eigenvalue weighted by Crippen LogP contribution is 2.15. The lowest BCUT2D eigenvalue weighted by molar-refractivity contribution is -0.148. The van der Waals surface area contributed by atoms with Crippen LogP contribution in [0.4, 0.5) is 0 Å². The lowest BCUT2D eigenvalue weighted by Crippen LogP contribution is -2.46. The molecule has 0 spiro atoms. The van der Waals surface area contributed by atoms with Gasteiger partial charge >= 0.3 is 5.97 Å². The first-order valence-electron chi connectivity index (χ1n) is 22.7. The molecule has 6 heteroatoms. The van der Waals surface area contributed by atoms with Crippen molar-refractivity contribution < 1.29 is 24.5 Å². The number of rotatable bonds is 40. The number of aliphatic hydroxyl groups is 2. The number of aliphatic hydroxyl groups excluding tert-OH is 2. The van der Waals surface area contributed by atoms with Crippen molar-refractivity contribution in [2.24, 2.45) is 0 Å². The van der Waals surface area contributed by atoms with Crippen LogP contribution in [0.3, 0.4) is 0 Å². The standard InChI is InChI=1S/C47H87NO5/c1-4-7-10-13-16-19-22-25-27-30-33-36-39-45(50)44(42-49)48-46(51)41-43(38-35-32-29-26-23-20-17-14-11-8-5-2)53-47(52)40-37-34-31-28-24-21-18-15-12-9-6-3/h15,18,26,29,35,38,43-45,49-50H,4-14,16-17,19-25,27-28,30-34,36-37,39-42H2,1-3H3,(H,48,51)/b18-15-,29-26-,38-35+. The van der Waals surface area contributed by atoms with Gasteiger partial charge in [0.15, 0.2) is 0 Å². The Bertz CT molecular complexity index is 884. The zero-order valence-corrected chi connectivity index (χ0v) is 35.1. The Kier molecular flexibility index (Phi) is 39.8. The lowest BCUT2D eigenvalue weighted by Gasteiger charge is -2.23. The van der Waals surface area contributed by atoms with Crippen molar-refractivity contribution in [3.8, 4) is 0 Å². The molecule has 0 radical (unpaired) electrons. The zero-order valence-electron chi connectivity index (χ0n) is 35.1. The van der Waals surface area contributed by atoms with Crippen molar-refractivity contribution in [2.75, 3.05) is 6.61 Å². The second kappa shape index (κ2) is 41.2. The highest BCUT2D eigenvalue weighted by molar-refractivity contribution is 5.78. The van der Waals surface area contributed by atoms with Crippen LogP contribution in [-0.4, -0.2) is 46.9 Å². The fourth-order valence-corrected chi connectivity index (χ4v) is 6.67. The number of esters is 1. The van der Waals surface area contributed by atoms with Gasteiger partial charge in [-0.05, 0) is 57.4 Å². The van der Waals surface area contributed by atoms with Crippen LogP contribution in [-0.2, 0) is 14.3 Å². The van der Waals surface area contributed by atoms with Crippen LogP contribution in [0.15, 0.2) is 36.5 Å². The molecule has 0 bridgehead atoms. The monoisotopic (exact) mass is 746 g/mol. The maximum atomic E-state index is 13.1. The van der Waals surface area contributed by atoms with Crippen molar-refractivity contribution in [3.63, 3.8) is 0 Å². The fourth-order valence-electron chi connectivity index (χ4n) is 6.67. The van der Waals surface area contributed by atoms with Crippen LogP contribution in [0.5, 0.6) is 0 Å². The van der Waals surface area contributed by atoms with Gasteiger partial charge in [-0.3, -0.25) is 9.59 Å². The first kappa shape index (κ1) is 51.1. The Morgan fingerprint density at radius 1 is 0.566 bits per heavy atom. The molecule has 3 atom stereocenters. The molecular weight excluding hydrogens is 659 g/mol. The molecule has 0 saturated heterocycles. The van der Waals surface area contributed by atoms with Gasteiger partial charge in [-0.1, -0.05) is 192 Å². The number of nitrogens with one attached hydrogen (secondary N) is 1. The Labute approximate surface area is 328 Å². The van der Waals surface area contributed by atoms with Gasteiger partial charge in [-0.25, -0.2) is 0 Å². The van der Waals surface area contributed by atoms with Gasteiger partial charge in [-0.2, -0.15) is 0 Å². The number of hydrogen-bond donors (Lipinski definition) is 3. The van der Waals surface area contributed by atoms with Crippen LogP contribution in [0.2, 0.25) is 0 Å². The van der Waals surface area contributed by atoms with Gasteiger partial charge in [0.25, 0.3) is 0 Å². The summed E-state index contributed by atoms with van der Waals surface area (Å²) < 4.78 is 5.78. The maximum absolute atomic E-state index is 13.1. The summed E-state index contributed by atoms with van der Waals surface area (Å²) in [5.41, 5.74) is 0. The minimum atomic E-state index is -0.808. The minimum absolute atomic E-state index is 0.0304. The number of allylic oxidation sites excluding steroid dienone is 5. The Morgan fingerprint density at radius 3 is 1.55 bits per heavy atom. The van der Waals surface area contributed by atoms with Crippen molar-refractivity contribution in [1.29, 1.82) is 0 Å². The molecule has 0 aliphatic rings. The quantitative estimate of drug-likeness (QED) is 0.0330. The van der Waals surface area contributed by atoms with Crippen molar-refractivity contribution in [3.05, 3.63) is 36.5 Å². The average molecular weight is 746 g/mol. The van der Waals surface area contributed by atoms with Crippen LogP contribution in [0.1, 0.15) is 226 Å². The molecule has 1 amide bonds. The Morgan fingerprint density at radius 2 is 1.02 bits per heavy atom. The molecule has 6 nitrogen and oxygen atoms in total. The summed E-state index contributed by atoms with van der Waals surface area (Å²) in [5.74, 6) is -0.613. The van der Waals surface area contributed by atoms with Crippen LogP contribution in [0.25, 0.3) is 0 Å². The van der Waals surface area contributed by atoms with Gasteiger partial charge in [-0.15, -0.1) is 0 Å². The summed E-state index contributed by atoms with van der Waals surface area (Å²) in [7, 11) is 0. The van der Waals surface area contributed by atoms with Crippen LogP contribution >= 0.6 is 0 Å². The van der Waals surface area contributed by atoms with Gasteiger partial charge in [0.1, 0.15) is 6.10 Å². The summed E-state index contributed by atoms with van der Waals surface area (Å²) in [6, 6.07) is -0.729. The number of carbonyl (C=O) groups excluding carboxylic acids is 2. The molecule has 0 aliphatic heterocycles. The second-order valence-corrected chi connectivity index (χ2v) is 15.4. The van der Waals surface area contributed by atoms with E-state index in [1.165, 1.54) is 128 Å². The van der Waals surface area contributed by atoms with E-state index < -0.39 is 18.2 Å². The van der Waals surface area contributed by atoms with Crippen molar-refractivity contribution >= 4 is 11.9 Å². The summed E-state index contributed by atoms with van der Waals surface area (Å²) in [4.78, 5) is 25.9. The second-order valence-electron chi connectivity index (χ2n) is 15.4. The molecule has 0 heterocycles. The third-order valence-corrected chi connectivity index (χ3v) is 10.2. The molecule has 0 rings (SSSR count). The van der Waals surface area contributed by atoms with E-state index in [9.17, 15) is 19.8 Å². The van der Waals surface area contributed by atoms with E-state index in [1.54, 1.807) is 0 Å². The topological polar surface area (TPSA) is 95.9 Å². The van der Waals surface area contributed by atoms with Gasteiger partial charge < -0.3 is 20.3 Å². The number of ether oxygens (including phenoxy) is 1. The smallest absolute Gasteiger partial charge is 0.306 e. The lowest BCUT2D eigenvalue weighted by atomic mass is 10.0. The molecule has 53 heavy (non-hydrogen) atoms. The van der Waals surface area contributed by atoms with Crippen LogP contribution in [0, 0.1) is 0 Å². The molecule has 0 saturated carbocycles. The fraction of sp³-hybridized carbons (Fsp3) is 0.830. The zero-order chi connectivity index (χ0) is 38.9. The number of amides is 1. The molecule has 0 aliphatic carbocycles. The predicted molar refractivity (Wildman–Crippen MR) is 227 cm³/mol. The first-order chi connectivity index (χ1) is 26.0. The van der Waals surface area contributed by atoms with Crippen molar-refractivity contribution in [1.82, 2.24) is 5.32 Å². The Balaban J connectivity index is 4.67. The summed E-state index contributed by atoms with van der Waals surface area (Å²) in [6.07, 6.45) is 46.6. The molecule has 0 aromatic rings. The molecule has 3 unspecified atom stereocenters. The number of hydrogen-bond acceptors (Lipinski definition) is 5. The third-order valence-electron chi connectivity index (χ3n) is 10.2. The summed E-state index contributed by atoms with van der Waals surface area (Å²) >= 11 is 0. The van der Waals surface area contributed by atoms with E-state index in [-0.39, 0.29) is 24.9 Å². The normalized spacial score (nSPS) is 13.7. The first-order valence-corrected chi connectivity index (χ1v) is 22.7. The third kappa shape index (κ3) is 36.8. The molecule has 0 fully saturated rings. The highest BCUT2D eigenvalue weighted by Gasteiger charge is 2.23. The molecule has 310 valence electrons. The van der Waals surface area contributed by atoms with Gasteiger partial charge in [0.2, 0.25) is 5.91 Å². The van der Waals surface area contributed by atoms with Crippen molar-refractivity contribution in [2.45, 2.75) is 244 Å². The van der Waals surface area contributed by atoms with E-state index >= 15 is 0 Å². The van der Waals surface area contributed by atoms with E-state index in [4.69, 9.17) is 4.74 Å².